The van der Waals surface area contributed by atoms with E-state index < -0.39 is 10.0 Å². The first kappa shape index (κ1) is 11.5. The SMILES string of the molecule is NS(=O)(=O)c1ccc(C2CNCCO2)cc1. The van der Waals surface area contributed by atoms with E-state index in [-0.39, 0.29) is 11.0 Å². The van der Waals surface area contributed by atoms with Crippen LogP contribution in [0.2, 0.25) is 0 Å². The van der Waals surface area contributed by atoms with Gasteiger partial charge >= 0.3 is 0 Å². The Morgan fingerprint density at radius 2 is 2.00 bits per heavy atom. The lowest BCUT2D eigenvalue weighted by atomic mass is 10.1. The molecule has 1 aliphatic rings. The number of sulfonamides is 1. The third-order valence-electron chi connectivity index (χ3n) is 2.51. The number of rotatable bonds is 2. The normalized spacial score (nSPS) is 21.9. The second kappa shape index (κ2) is 4.50. The zero-order valence-electron chi connectivity index (χ0n) is 8.72. The van der Waals surface area contributed by atoms with E-state index in [4.69, 9.17) is 9.88 Å². The highest BCUT2D eigenvalue weighted by atomic mass is 32.2. The van der Waals surface area contributed by atoms with Crippen molar-refractivity contribution in [2.45, 2.75) is 11.0 Å². The summed E-state index contributed by atoms with van der Waals surface area (Å²) in [6.45, 7) is 2.27. The van der Waals surface area contributed by atoms with Crippen molar-refractivity contribution in [3.05, 3.63) is 29.8 Å². The molecule has 2 rings (SSSR count). The number of benzene rings is 1. The molecule has 6 heteroatoms. The van der Waals surface area contributed by atoms with Gasteiger partial charge in [0.2, 0.25) is 10.0 Å². The molecule has 0 aliphatic carbocycles. The Kier molecular flexibility index (Phi) is 3.25. The van der Waals surface area contributed by atoms with E-state index in [2.05, 4.69) is 5.32 Å². The molecule has 1 saturated heterocycles. The van der Waals surface area contributed by atoms with Crippen molar-refractivity contribution < 1.29 is 13.2 Å². The summed E-state index contributed by atoms with van der Waals surface area (Å²) in [5.74, 6) is 0. The van der Waals surface area contributed by atoms with Crippen LogP contribution in [0.3, 0.4) is 0 Å². The molecule has 0 radical (unpaired) electrons. The monoisotopic (exact) mass is 242 g/mol. The fourth-order valence-electron chi connectivity index (χ4n) is 1.65. The Morgan fingerprint density at radius 3 is 2.50 bits per heavy atom. The third-order valence-corrected chi connectivity index (χ3v) is 3.44. The molecular formula is C10H14N2O3S. The van der Waals surface area contributed by atoms with Crippen molar-refractivity contribution in [1.29, 1.82) is 0 Å². The highest BCUT2D eigenvalue weighted by Gasteiger charge is 2.16. The Labute approximate surface area is 94.6 Å². The van der Waals surface area contributed by atoms with Crippen molar-refractivity contribution in [3.8, 4) is 0 Å². The van der Waals surface area contributed by atoms with Gasteiger partial charge in [-0.25, -0.2) is 13.6 Å². The van der Waals surface area contributed by atoms with Crippen LogP contribution in [-0.4, -0.2) is 28.1 Å². The molecule has 0 aromatic heterocycles. The molecular weight excluding hydrogens is 228 g/mol. The molecule has 1 fully saturated rings. The topological polar surface area (TPSA) is 81.4 Å². The molecule has 1 unspecified atom stereocenters. The molecule has 1 aliphatic heterocycles. The van der Waals surface area contributed by atoms with Gasteiger partial charge in [-0.15, -0.1) is 0 Å². The van der Waals surface area contributed by atoms with Crippen molar-refractivity contribution in [1.82, 2.24) is 5.32 Å². The lowest BCUT2D eigenvalue weighted by Crippen LogP contribution is -2.33. The number of primary sulfonamides is 1. The van der Waals surface area contributed by atoms with Crippen molar-refractivity contribution in [2.24, 2.45) is 5.14 Å². The predicted octanol–water partition coefficient (Wildman–Crippen LogP) is -0.00510. The number of ether oxygens (including phenoxy) is 1. The molecule has 1 aromatic carbocycles. The van der Waals surface area contributed by atoms with Crippen LogP contribution in [-0.2, 0) is 14.8 Å². The molecule has 1 aromatic rings. The van der Waals surface area contributed by atoms with Gasteiger partial charge in [0.15, 0.2) is 0 Å². The van der Waals surface area contributed by atoms with E-state index in [1.807, 2.05) is 0 Å². The van der Waals surface area contributed by atoms with Crippen LogP contribution in [0.4, 0.5) is 0 Å². The van der Waals surface area contributed by atoms with Gasteiger partial charge in [-0.05, 0) is 17.7 Å². The van der Waals surface area contributed by atoms with Gasteiger partial charge in [-0.2, -0.15) is 0 Å². The minimum atomic E-state index is -3.61. The van der Waals surface area contributed by atoms with E-state index in [1.54, 1.807) is 12.1 Å². The minimum Gasteiger partial charge on any atom is -0.371 e. The van der Waals surface area contributed by atoms with Crippen LogP contribution in [0.25, 0.3) is 0 Å². The van der Waals surface area contributed by atoms with E-state index in [0.717, 1.165) is 18.7 Å². The summed E-state index contributed by atoms with van der Waals surface area (Å²) < 4.78 is 27.7. The Balaban J connectivity index is 2.18. The maximum atomic E-state index is 11.1. The molecule has 0 bridgehead atoms. The van der Waals surface area contributed by atoms with Crippen LogP contribution < -0.4 is 10.5 Å². The molecule has 3 N–H and O–H groups in total. The Morgan fingerprint density at radius 1 is 1.31 bits per heavy atom. The van der Waals surface area contributed by atoms with Crippen LogP contribution in [0.1, 0.15) is 11.7 Å². The molecule has 0 saturated carbocycles. The zero-order valence-corrected chi connectivity index (χ0v) is 9.53. The molecule has 0 spiro atoms. The number of hydrogen-bond donors (Lipinski definition) is 2. The fraction of sp³-hybridized carbons (Fsp3) is 0.400. The molecule has 5 nitrogen and oxygen atoms in total. The van der Waals surface area contributed by atoms with Crippen LogP contribution in [0.15, 0.2) is 29.2 Å². The maximum Gasteiger partial charge on any atom is 0.238 e. The summed E-state index contributed by atoms with van der Waals surface area (Å²) in [6.07, 6.45) is -0.0109. The first-order chi connectivity index (χ1) is 7.57. The predicted molar refractivity (Wildman–Crippen MR) is 59.4 cm³/mol. The molecule has 16 heavy (non-hydrogen) atoms. The highest BCUT2D eigenvalue weighted by Crippen LogP contribution is 2.20. The Hall–Kier alpha value is -0.950. The first-order valence-electron chi connectivity index (χ1n) is 5.02. The van der Waals surface area contributed by atoms with Gasteiger partial charge in [-0.1, -0.05) is 12.1 Å². The number of hydrogen-bond acceptors (Lipinski definition) is 4. The number of nitrogens with one attached hydrogen (secondary N) is 1. The summed E-state index contributed by atoms with van der Waals surface area (Å²) >= 11 is 0. The summed E-state index contributed by atoms with van der Waals surface area (Å²) in [4.78, 5) is 0.125. The maximum absolute atomic E-state index is 11.1. The van der Waals surface area contributed by atoms with Crippen LogP contribution in [0.5, 0.6) is 0 Å². The molecule has 1 heterocycles. The standard InChI is InChI=1S/C10H14N2O3S/c11-16(13,14)9-3-1-8(2-4-9)10-7-12-5-6-15-10/h1-4,10,12H,5-7H2,(H2,11,13,14). The summed E-state index contributed by atoms with van der Waals surface area (Å²) in [5, 5.41) is 8.22. The zero-order chi connectivity index (χ0) is 11.6. The van der Waals surface area contributed by atoms with Crippen LogP contribution >= 0.6 is 0 Å². The lowest BCUT2D eigenvalue weighted by molar-refractivity contribution is 0.0277. The summed E-state index contributed by atoms with van der Waals surface area (Å²) in [5.41, 5.74) is 0.958. The van der Waals surface area contributed by atoms with Gasteiger partial charge in [0.05, 0.1) is 17.6 Å². The third kappa shape index (κ3) is 2.59. The van der Waals surface area contributed by atoms with Gasteiger partial charge in [0.1, 0.15) is 0 Å². The average Bonchev–Trinajstić information content (AvgIpc) is 2.29. The van der Waals surface area contributed by atoms with Gasteiger partial charge in [0.25, 0.3) is 0 Å². The summed E-state index contributed by atoms with van der Waals surface area (Å²) in [7, 11) is -3.61. The van der Waals surface area contributed by atoms with Crippen molar-refractivity contribution in [3.63, 3.8) is 0 Å². The summed E-state index contributed by atoms with van der Waals surface area (Å²) in [6, 6.07) is 6.47. The van der Waals surface area contributed by atoms with E-state index in [9.17, 15) is 8.42 Å². The quantitative estimate of drug-likeness (QED) is 0.764. The average molecular weight is 242 g/mol. The largest absolute Gasteiger partial charge is 0.371 e. The second-order valence-electron chi connectivity index (χ2n) is 3.68. The highest BCUT2D eigenvalue weighted by molar-refractivity contribution is 7.89. The smallest absolute Gasteiger partial charge is 0.238 e. The Bertz CT molecular complexity index is 449. The minimum absolute atomic E-state index is 0.0109. The fourth-order valence-corrected chi connectivity index (χ4v) is 2.17. The number of morpholine rings is 1. The van der Waals surface area contributed by atoms with E-state index in [1.165, 1.54) is 12.1 Å². The number of nitrogens with two attached hydrogens (primary N) is 1. The van der Waals surface area contributed by atoms with E-state index >= 15 is 0 Å². The van der Waals surface area contributed by atoms with Crippen molar-refractivity contribution >= 4 is 10.0 Å². The van der Waals surface area contributed by atoms with Crippen molar-refractivity contribution in [2.75, 3.05) is 19.7 Å². The van der Waals surface area contributed by atoms with E-state index in [0.29, 0.717) is 6.61 Å². The first-order valence-corrected chi connectivity index (χ1v) is 6.57. The molecule has 1 atom stereocenters. The van der Waals surface area contributed by atoms with Gasteiger partial charge < -0.3 is 10.1 Å². The van der Waals surface area contributed by atoms with Gasteiger partial charge in [0, 0.05) is 13.1 Å². The van der Waals surface area contributed by atoms with Gasteiger partial charge in [-0.3, -0.25) is 0 Å². The molecule has 0 amide bonds. The lowest BCUT2D eigenvalue weighted by Gasteiger charge is -2.23. The molecule has 88 valence electrons. The second-order valence-corrected chi connectivity index (χ2v) is 5.24. The van der Waals surface area contributed by atoms with Crippen LogP contribution in [0, 0.1) is 0 Å².